The van der Waals surface area contributed by atoms with Crippen LogP contribution in [0.4, 0.5) is 10.5 Å². The Balaban J connectivity index is 1.34. The molecule has 0 aromatic heterocycles. The van der Waals surface area contributed by atoms with E-state index < -0.39 is 0 Å². The number of carbonyl (C=O) groups excluding carboxylic acids is 2. The van der Waals surface area contributed by atoms with Crippen LogP contribution in [0.25, 0.3) is 0 Å². The van der Waals surface area contributed by atoms with Gasteiger partial charge in [-0.15, -0.1) is 0 Å². The van der Waals surface area contributed by atoms with Gasteiger partial charge in [0, 0.05) is 38.3 Å². The van der Waals surface area contributed by atoms with Crippen molar-refractivity contribution in [3.05, 3.63) is 65.2 Å². The number of nitrogens with one attached hydrogen (secondary N) is 1. The highest BCUT2D eigenvalue weighted by Crippen LogP contribution is 2.29. The van der Waals surface area contributed by atoms with Crippen molar-refractivity contribution in [2.45, 2.75) is 25.3 Å². The fraction of sp³-hybridized carbons (Fsp3) is 0.333. The van der Waals surface area contributed by atoms with E-state index >= 15 is 0 Å². The van der Waals surface area contributed by atoms with Crippen molar-refractivity contribution in [1.29, 1.82) is 0 Å². The molecule has 0 bridgehead atoms. The molecule has 2 aromatic rings. The summed E-state index contributed by atoms with van der Waals surface area (Å²) in [5, 5.41) is 3.01. The highest BCUT2D eigenvalue weighted by molar-refractivity contribution is 6.00. The van der Waals surface area contributed by atoms with Crippen LogP contribution < -0.4 is 10.2 Å². The van der Waals surface area contributed by atoms with Crippen molar-refractivity contribution in [3.8, 4) is 0 Å². The lowest BCUT2D eigenvalue weighted by molar-refractivity contribution is -0.117. The Labute approximate surface area is 153 Å². The predicted octanol–water partition coefficient (Wildman–Crippen LogP) is 2.90. The molecule has 0 spiro atoms. The summed E-state index contributed by atoms with van der Waals surface area (Å²) in [5.41, 5.74) is 4.33. The average Bonchev–Trinajstić information content (AvgIpc) is 3.26. The van der Waals surface area contributed by atoms with Crippen molar-refractivity contribution < 1.29 is 9.59 Å². The van der Waals surface area contributed by atoms with Gasteiger partial charge in [-0.3, -0.25) is 4.79 Å². The molecule has 0 saturated carbocycles. The highest BCUT2D eigenvalue weighted by atomic mass is 16.2. The average molecular weight is 349 g/mol. The van der Waals surface area contributed by atoms with Crippen LogP contribution in [-0.2, 0) is 17.8 Å². The van der Waals surface area contributed by atoms with Crippen molar-refractivity contribution in [3.63, 3.8) is 0 Å². The molecule has 5 nitrogen and oxygen atoms in total. The summed E-state index contributed by atoms with van der Waals surface area (Å²) in [4.78, 5) is 27.8. The van der Waals surface area contributed by atoms with Gasteiger partial charge in [-0.25, -0.2) is 4.79 Å². The van der Waals surface area contributed by atoms with E-state index in [1.54, 1.807) is 11.9 Å². The Morgan fingerprint density at radius 2 is 2.00 bits per heavy atom. The number of urea groups is 1. The lowest BCUT2D eigenvalue weighted by Crippen LogP contribution is -2.37. The second kappa shape index (κ2) is 6.83. The molecule has 5 heteroatoms. The van der Waals surface area contributed by atoms with E-state index in [1.165, 1.54) is 5.56 Å². The van der Waals surface area contributed by atoms with E-state index in [1.807, 2.05) is 41.3 Å². The molecule has 2 aliphatic rings. The quantitative estimate of drug-likeness (QED) is 0.926. The zero-order valence-corrected chi connectivity index (χ0v) is 14.9. The van der Waals surface area contributed by atoms with Crippen LogP contribution in [0.5, 0.6) is 0 Å². The van der Waals surface area contributed by atoms with Crippen molar-refractivity contribution in [2.24, 2.45) is 0 Å². The van der Waals surface area contributed by atoms with E-state index in [-0.39, 0.29) is 11.9 Å². The number of fused-ring (bicyclic) bond motifs is 1. The van der Waals surface area contributed by atoms with Gasteiger partial charge in [0.2, 0.25) is 5.91 Å². The molecular formula is C21H23N3O2. The van der Waals surface area contributed by atoms with Gasteiger partial charge in [-0.2, -0.15) is 0 Å². The fourth-order valence-electron chi connectivity index (χ4n) is 3.86. The maximum atomic E-state index is 12.5. The van der Waals surface area contributed by atoms with Gasteiger partial charge in [-0.1, -0.05) is 42.5 Å². The number of benzene rings is 2. The summed E-state index contributed by atoms with van der Waals surface area (Å²) in [5.74, 6) is 0.536. The minimum absolute atomic E-state index is 0.0166. The van der Waals surface area contributed by atoms with Crippen LogP contribution >= 0.6 is 0 Å². The molecule has 1 saturated heterocycles. The van der Waals surface area contributed by atoms with Gasteiger partial charge in [0.15, 0.2) is 0 Å². The van der Waals surface area contributed by atoms with Crippen LogP contribution in [0.2, 0.25) is 0 Å². The summed E-state index contributed by atoms with van der Waals surface area (Å²) in [6, 6.07) is 16.3. The van der Waals surface area contributed by atoms with Gasteiger partial charge in [0.05, 0.1) is 6.42 Å². The van der Waals surface area contributed by atoms with Gasteiger partial charge < -0.3 is 15.1 Å². The lowest BCUT2D eigenvalue weighted by Gasteiger charge is -2.18. The molecule has 1 atom stereocenters. The lowest BCUT2D eigenvalue weighted by atomic mass is 9.99. The SMILES string of the molecule is CN1C(=O)Cc2cc(CNC(=O)N3CCC(c4ccccc4)C3)ccc21. The first-order valence-electron chi connectivity index (χ1n) is 9.08. The number of likely N-dealkylation sites (tertiary alicyclic amines) is 1. The molecule has 1 N–H and O–H groups in total. The van der Waals surface area contributed by atoms with Gasteiger partial charge in [0.1, 0.15) is 0 Å². The third-order valence-corrected chi connectivity index (χ3v) is 5.41. The molecule has 0 radical (unpaired) electrons. The van der Waals surface area contributed by atoms with E-state index in [4.69, 9.17) is 0 Å². The highest BCUT2D eigenvalue weighted by Gasteiger charge is 2.27. The summed E-state index contributed by atoms with van der Waals surface area (Å²) >= 11 is 0. The van der Waals surface area contributed by atoms with Crippen LogP contribution in [0.3, 0.4) is 0 Å². The molecule has 2 heterocycles. The Morgan fingerprint density at radius 1 is 1.19 bits per heavy atom. The van der Waals surface area contributed by atoms with Gasteiger partial charge in [0.25, 0.3) is 0 Å². The first-order chi connectivity index (χ1) is 12.6. The Bertz CT molecular complexity index is 834. The molecule has 3 amide bonds. The number of hydrogen-bond donors (Lipinski definition) is 1. The second-order valence-electron chi connectivity index (χ2n) is 7.09. The Kier molecular flexibility index (Phi) is 4.37. The van der Waals surface area contributed by atoms with Crippen molar-refractivity contribution in [1.82, 2.24) is 10.2 Å². The molecule has 1 fully saturated rings. The Hall–Kier alpha value is -2.82. The summed E-state index contributed by atoms with van der Waals surface area (Å²) in [6.07, 6.45) is 1.45. The number of likely N-dealkylation sites (N-methyl/N-ethyl adjacent to an activating group) is 1. The minimum Gasteiger partial charge on any atom is -0.334 e. The van der Waals surface area contributed by atoms with Gasteiger partial charge in [-0.05, 0) is 29.2 Å². The monoisotopic (exact) mass is 349 g/mol. The Morgan fingerprint density at radius 3 is 2.81 bits per heavy atom. The zero-order chi connectivity index (χ0) is 18.1. The van der Waals surface area contributed by atoms with E-state index in [0.29, 0.717) is 18.9 Å². The third kappa shape index (κ3) is 3.17. The number of hydrogen-bond acceptors (Lipinski definition) is 2. The first-order valence-corrected chi connectivity index (χ1v) is 9.08. The second-order valence-corrected chi connectivity index (χ2v) is 7.09. The number of carbonyl (C=O) groups is 2. The van der Waals surface area contributed by atoms with Crippen LogP contribution in [0, 0.1) is 0 Å². The fourth-order valence-corrected chi connectivity index (χ4v) is 3.86. The number of anilines is 1. The molecule has 2 aliphatic heterocycles. The van der Waals surface area contributed by atoms with Crippen LogP contribution in [0.1, 0.15) is 29.0 Å². The number of rotatable bonds is 3. The predicted molar refractivity (Wildman–Crippen MR) is 101 cm³/mol. The maximum absolute atomic E-state index is 12.5. The van der Waals surface area contributed by atoms with E-state index in [2.05, 4.69) is 17.4 Å². The number of nitrogens with zero attached hydrogens (tertiary/aromatic N) is 2. The zero-order valence-electron chi connectivity index (χ0n) is 14.9. The largest absolute Gasteiger partial charge is 0.334 e. The van der Waals surface area contributed by atoms with Gasteiger partial charge >= 0.3 is 6.03 Å². The molecular weight excluding hydrogens is 326 g/mol. The van der Waals surface area contributed by atoms with Crippen molar-refractivity contribution in [2.75, 3.05) is 25.0 Å². The summed E-state index contributed by atoms with van der Waals surface area (Å²) in [6.45, 7) is 2.03. The normalized spacial score (nSPS) is 19.0. The standard InChI is InChI=1S/C21H23N3O2/c1-23-19-8-7-15(11-18(19)12-20(23)25)13-22-21(26)24-10-9-17(14-24)16-5-3-2-4-6-16/h2-8,11,17H,9-10,12-14H2,1H3,(H,22,26). The molecule has 2 aromatic carbocycles. The van der Waals surface area contributed by atoms with E-state index in [9.17, 15) is 9.59 Å². The summed E-state index contributed by atoms with van der Waals surface area (Å²) in [7, 11) is 1.80. The number of amides is 3. The van der Waals surface area contributed by atoms with Crippen molar-refractivity contribution >= 4 is 17.6 Å². The topological polar surface area (TPSA) is 52.7 Å². The molecule has 4 rings (SSSR count). The molecule has 134 valence electrons. The summed E-state index contributed by atoms with van der Waals surface area (Å²) < 4.78 is 0. The molecule has 1 unspecified atom stereocenters. The smallest absolute Gasteiger partial charge is 0.317 e. The van der Waals surface area contributed by atoms with Crippen LogP contribution in [-0.4, -0.2) is 37.0 Å². The van der Waals surface area contributed by atoms with Crippen LogP contribution in [0.15, 0.2) is 48.5 Å². The minimum atomic E-state index is -0.0166. The molecule has 26 heavy (non-hydrogen) atoms. The van der Waals surface area contributed by atoms with E-state index in [0.717, 1.165) is 36.3 Å². The maximum Gasteiger partial charge on any atom is 0.317 e. The third-order valence-electron chi connectivity index (χ3n) is 5.41. The molecule has 0 aliphatic carbocycles. The first kappa shape index (κ1) is 16.6.